The topological polar surface area (TPSA) is 144 Å². The van der Waals surface area contributed by atoms with Gasteiger partial charge < -0.3 is 14.8 Å². The largest absolute Gasteiger partial charge is 0.379 e. The van der Waals surface area contributed by atoms with Gasteiger partial charge in [0.15, 0.2) is 15.0 Å². The highest BCUT2D eigenvalue weighted by Gasteiger charge is 2.19. The van der Waals surface area contributed by atoms with Gasteiger partial charge in [-0.15, -0.1) is 11.3 Å². The number of carbonyl (C=O) groups is 1. The summed E-state index contributed by atoms with van der Waals surface area (Å²) in [5, 5.41) is 8.07. The number of nitrogens with one attached hydrogen (secondary N) is 2. The highest BCUT2D eigenvalue weighted by molar-refractivity contribution is 14.1. The Labute approximate surface area is 260 Å². The summed E-state index contributed by atoms with van der Waals surface area (Å²) >= 11 is 3.36. The lowest BCUT2D eigenvalue weighted by Gasteiger charge is -2.12. The zero-order chi connectivity index (χ0) is 29.9. The van der Waals surface area contributed by atoms with E-state index in [-0.39, 0.29) is 26.8 Å². The number of thiazole rings is 1. The van der Waals surface area contributed by atoms with Gasteiger partial charge in [0.1, 0.15) is 10.6 Å². The highest BCUT2D eigenvalue weighted by atomic mass is 127. The molecule has 10 nitrogen and oxygen atoms in total. The fraction of sp³-hybridized carbons (Fsp3) is 0.0357. The number of aromatic nitrogens is 2. The fourth-order valence-electron chi connectivity index (χ4n) is 3.76. The molecule has 0 radical (unpaired) electrons. The summed E-state index contributed by atoms with van der Waals surface area (Å²) in [5.41, 5.74) is 2.30. The molecular weight excluding hydrogens is 711 g/mol. The molecular formula is C28H21IN4O6S3. The summed E-state index contributed by atoms with van der Waals surface area (Å²) in [5.74, 6) is -0.448. The van der Waals surface area contributed by atoms with Crippen LogP contribution in [0, 0.1) is 3.57 Å². The van der Waals surface area contributed by atoms with Crippen LogP contribution in [0.1, 0.15) is 10.4 Å². The molecule has 2 N–H and O–H groups in total. The van der Waals surface area contributed by atoms with E-state index in [1.165, 1.54) is 65.9 Å². The highest BCUT2D eigenvalue weighted by Crippen LogP contribution is 2.32. The first-order valence-electron chi connectivity index (χ1n) is 12.1. The van der Waals surface area contributed by atoms with E-state index in [2.05, 4.69) is 43.2 Å². The SMILES string of the molecule is CS(=O)(=O)c1ccc(NC(=O)c2ccc(OS(=O)(=O)c3ccc(I)cc3)cc2)cc1Nc1nc(-c2cccnc2)cs1. The van der Waals surface area contributed by atoms with Gasteiger partial charge in [-0.25, -0.2) is 13.4 Å². The molecule has 214 valence electrons. The van der Waals surface area contributed by atoms with Crippen molar-refractivity contribution in [3.05, 3.63) is 106 Å². The second kappa shape index (κ2) is 12.2. The lowest BCUT2D eigenvalue weighted by molar-refractivity contribution is 0.102. The summed E-state index contributed by atoms with van der Waals surface area (Å²) in [6.07, 6.45) is 4.43. The fourth-order valence-corrected chi connectivity index (χ4v) is 6.61. The van der Waals surface area contributed by atoms with Crippen molar-refractivity contribution in [3.63, 3.8) is 0 Å². The predicted molar refractivity (Wildman–Crippen MR) is 170 cm³/mol. The normalized spacial score (nSPS) is 11.6. The quantitative estimate of drug-likeness (QED) is 0.138. The van der Waals surface area contributed by atoms with Crippen LogP contribution < -0.4 is 14.8 Å². The average Bonchev–Trinajstić information content (AvgIpc) is 3.42. The van der Waals surface area contributed by atoms with Gasteiger partial charge in [-0.3, -0.25) is 9.78 Å². The minimum atomic E-state index is -4.04. The number of carbonyl (C=O) groups excluding carboxylic acids is 1. The first-order chi connectivity index (χ1) is 20.0. The van der Waals surface area contributed by atoms with Gasteiger partial charge in [-0.05, 0) is 101 Å². The molecule has 2 aromatic heterocycles. The van der Waals surface area contributed by atoms with E-state index in [1.807, 2.05) is 11.4 Å². The monoisotopic (exact) mass is 732 g/mol. The molecule has 0 saturated heterocycles. The Morgan fingerprint density at radius 1 is 0.952 bits per heavy atom. The molecule has 0 aliphatic heterocycles. The Hall–Kier alpha value is -3.86. The summed E-state index contributed by atoms with van der Waals surface area (Å²) in [6, 6.07) is 19.9. The van der Waals surface area contributed by atoms with Gasteiger partial charge in [0.05, 0.1) is 16.3 Å². The molecule has 5 aromatic rings. The minimum Gasteiger partial charge on any atom is -0.379 e. The van der Waals surface area contributed by atoms with Crippen molar-refractivity contribution in [2.45, 2.75) is 9.79 Å². The number of anilines is 3. The molecule has 42 heavy (non-hydrogen) atoms. The number of hydrogen-bond acceptors (Lipinski definition) is 10. The zero-order valence-corrected chi connectivity index (χ0v) is 26.3. The standard InChI is InChI=1S/C28H21IN4O6S3/c1-41(35,36)26-13-8-21(15-24(26)32-28-33-25(17-40-28)19-3-2-14-30-16-19)31-27(34)18-4-9-22(10-5-18)39-42(37,38)23-11-6-20(29)7-12-23/h2-17H,1H3,(H,31,34)(H,32,33). The minimum absolute atomic E-state index is 0.0118. The number of benzene rings is 3. The van der Waals surface area contributed by atoms with Gasteiger partial charge in [-0.1, -0.05) is 0 Å². The Morgan fingerprint density at radius 3 is 2.36 bits per heavy atom. The average molecular weight is 733 g/mol. The number of hydrogen-bond donors (Lipinski definition) is 2. The Balaban J connectivity index is 1.32. The lowest BCUT2D eigenvalue weighted by Crippen LogP contribution is -2.13. The van der Waals surface area contributed by atoms with Crippen LogP contribution in [0.4, 0.5) is 16.5 Å². The molecule has 0 saturated carbocycles. The molecule has 5 rings (SSSR count). The number of nitrogens with zero attached hydrogens (tertiary/aromatic N) is 2. The molecule has 0 spiro atoms. The summed E-state index contributed by atoms with van der Waals surface area (Å²) in [4.78, 5) is 21.6. The molecule has 0 aliphatic rings. The second-order valence-corrected chi connectivity index (χ2v) is 14.5. The van der Waals surface area contributed by atoms with E-state index in [0.29, 0.717) is 16.5 Å². The van der Waals surface area contributed by atoms with E-state index in [4.69, 9.17) is 4.18 Å². The van der Waals surface area contributed by atoms with E-state index in [1.54, 1.807) is 30.6 Å². The van der Waals surface area contributed by atoms with Crippen molar-refractivity contribution >= 4 is 76.3 Å². The van der Waals surface area contributed by atoms with E-state index in [9.17, 15) is 21.6 Å². The lowest BCUT2D eigenvalue weighted by atomic mass is 10.2. The molecule has 2 heterocycles. The zero-order valence-electron chi connectivity index (χ0n) is 21.7. The Morgan fingerprint density at radius 2 is 1.69 bits per heavy atom. The Kier molecular flexibility index (Phi) is 8.58. The maximum atomic E-state index is 12.9. The molecule has 0 unspecified atom stereocenters. The second-order valence-electron chi connectivity index (χ2n) is 8.86. The molecule has 0 aliphatic carbocycles. The van der Waals surface area contributed by atoms with Gasteiger partial charge >= 0.3 is 10.1 Å². The first-order valence-corrected chi connectivity index (χ1v) is 17.3. The van der Waals surface area contributed by atoms with Crippen molar-refractivity contribution in [1.29, 1.82) is 0 Å². The molecule has 14 heteroatoms. The maximum absolute atomic E-state index is 12.9. The van der Waals surface area contributed by atoms with Crippen LogP contribution in [0.25, 0.3) is 11.3 Å². The number of halogens is 1. The van der Waals surface area contributed by atoms with Crippen molar-refractivity contribution in [2.24, 2.45) is 0 Å². The molecule has 0 fully saturated rings. The van der Waals surface area contributed by atoms with Crippen LogP contribution in [-0.4, -0.2) is 39.0 Å². The third-order valence-corrected chi connectivity index (χ3v) is 9.66. The van der Waals surface area contributed by atoms with Crippen molar-refractivity contribution < 1.29 is 25.8 Å². The van der Waals surface area contributed by atoms with Gasteiger partial charge in [0.25, 0.3) is 5.91 Å². The van der Waals surface area contributed by atoms with Gasteiger partial charge in [0, 0.05) is 44.4 Å². The van der Waals surface area contributed by atoms with E-state index >= 15 is 0 Å². The number of sulfone groups is 1. The van der Waals surface area contributed by atoms with Crippen molar-refractivity contribution in [1.82, 2.24) is 9.97 Å². The summed E-state index contributed by atoms with van der Waals surface area (Å²) < 4.78 is 56.1. The smallest absolute Gasteiger partial charge is 0.339 e. The summed E-state index contributed by atoms with van der Waals surface area (Å²) in [7, 11) is -7.65. The molecule has 0 atom stereocenters. The van der Waals surface area contributed by atoms with Crippen LogP contribution in [0.5, 0.6) is 5.75 Å². The Bertz CT molecular complexity index is 1960. The molecule has 3 aromatic carbocycles. The predicted octanol–water partition coefficient (Wildman–Crippen LogP) is 5.98. The third kappa shape index (κ3) is 7.13. The molecule has 0 bridgehead atoms. The van der Waals surface area contributed by atoms with Crippen LogP contribution in [0.2, 0.25) is 0 Å². The number of amides is 1. The van der Waals surface area contributed by atoms with Crippen LogP contribution >= 0.6 is 33.9 Å². The maximum Gasteiger partial charge on any atom is 0.339 e. The third-order valence-electron chi connectivity index (χ3n) is 5.76. The van der Waals surface area contributed by atoms with Crippen molar-refractivity contribution in [3.8, 4) is 17.0 Å². The van der Waals surface area contributed by atoms with E-state index in [0.717, 1.165) is 15.4 Å². The summed E-state index contributed by atoms with van der Waals surface area (Å²) in [6.45, 7) is 0. The molecule has 1 amide bonds. The number of pyridine rings is 1. The van der Waals surface area contributed by atoms with E-state index < -0.39 is 25.9 Å². The van der Waals surface area contributed by atoms with Crippen LogP contribution in [0.3, 0.4) is 0 Å². The van der Waals surface area contributed by atoms with Crippen LogP contribution in [0.15, 0.2) is 106 Å². The first kappa shape index (κ1) is 29.6. The van der Waals surface area contributed by atoms with Gasteiger partial charge in [0.2, 0.25) is 0 Å². The van der Waals surface area contributed by atoms with Gasteiger partial charge in [-0.2, -0.15) is 8.42 Å². The number of rotatable bonds is 9. The van der Waals surface area contributed by atoms with Crippen LogP contribution in [-0.2, 0) is 20.0 Å². The van der Waals surface area contributed by atoms with Crippen molar-refractivity contribution in [2.75, 3.05) is 16.9 Å².